The van der Waals surface area contributed by atoms with Crippen LogP contribution in [0.25, 0.3) is 10.9 Å². The molecule has 0 aliphatic carbocycles. The lowest BCUT2D eigenvalue weighted by molar-refractivity contribution is 0.280. The van der Waals surface area contributed by atoms with Crippen LogP contribution in [-0.2, 0) is 6.54 Å². The Morgan fingerprint density at radius 3 is 2.67 bits per heavy atom. The highest BCUT2D eigenvalue weighted by Gasteiger charge is 2.02. The normalized spacial score (nSPS) is 11.1. The standard InChI is InChI=1S/C13H17NO/c1-10-8-12-4-6-14(5-3-7-15)13(12)9-11(10)2/h4,6,8-9,15H,3,5,7H2,1-2H3. The van der Waals surface area contributed by atoms with Gasteiger partial charge in [-0.25, -0.2) is 0 Å². The molecule has 0 bridgehead atoms. The van der Waals surface area contributed by atoms with Gasteiger partial charge in [-0.2, -0.15) is 0 Å². The molecule has 1 aromatic heterocycles. The van der Waals surface area contributed by atoms with Gasteiger partial charge in [0.25, 0.3) is 0 Å². The monoisotopic (exact) mass is 203 g/mol. The molecule has 2 aromatic rings. The smallest absolute Gasteiger partial charge is 0.0483 e. The van der Waals surface area contributed by atoms with Gasteiger partial charge in [0, 0.05) is 24.9 Å². The van der Waals surface area contributed by atoms with E-state index >= 15 is 0 Å². The predicted octanol–water partition coefficient (Wildman–Crippen LogP) is 2.64. The third kappa shape index (κ3) is 1.90. The summed E-state index contributed by atoms with van der Waals surface area (Å²) >= 11 is 0. The number of hydrogen-bond acceptors (Lipinski definition) is 1. The van der Waals surface area contributed by atoms with Gasteiger partial charge in [0.2, 0.25) is 0 Å². The highest BCUT2D eigenvalue weighted by Crippen LogP contribution is 2.20. The number of hydrogen-bond donors (Lipinski definition) is 1. The van der Waals surface area contributed by atoms with Crippen LogP contribution in [0.15, 0.2) is 24.4 Å². The molecule has 0 spiro atoms. The van der Waals surface area contributed by atoms with E-state index in [9.17, 15) is 0 Å². The van der Waals surface area contributed by atoms with Crippen LogP contribution in [0.2, 0.25) is 0 Å². The van der Waals surface area contributed by atoms with E-state index in [0.29, 0.717) is 0 Å². The Labute approximate surface area is 90.2 Å². The maximum atomic E-state index is 8.82. The highest BCUT2D eigenvalue weighted by atomic mass is 16.3. The lowest BCUT2D eigenvalue weighted by Gasteiger charge is -2.06. The van der Waals surface area contributed by atoms with Crippen molar-refractivity contribution in [2.75, 3.05) is 6.61 Å². The van der Waals surface area contributed by atoms with Crippen molar-refractivity contribution in [1.82, 2.24) is 4.57 Å². The van der Waals surface area contributed by atoms with E-state index in [1.165, 1.54) is 22.0 Å². The van der Waals surface area contributed by atoms with Gasteiger partial charge in [-0.15, -0.1) is 0 Å². The molecule has 0 aliphatic rings. The quantitative estimate of drug-likeness (QED) is 0.815. The fourth-order valence-electron chi connectivity index (χ4n) is 1.89. The average molecular weight is 203 g/mol. The second-order valence-electron chi connectivity index (χ2n) is 4.08. The minimum Gasteiger partial charge on any atom is -0.396 e. The first-order chi connectivity index (χ1) is 7.22. The molecule has 0 atom stereocenters. The molecule has 0 saturated carbocycles. The second kappa shape index (κ2) is 4.07. The summed E-state index contributed by atoms with van der Waals surface area (Å²) in [6.45, 7) is 5.42. The molecule has 0 radical (unpaired) electrons. The van der Waals surface area contributed by atoms with Gasteiger partial charge in [-0.1, -0.05) is 0 Å². The van der Waals surface area contributed by atoms with Crippen molar-refractivity contribution in [2.45, 2.75) is 26.8 Å². The van der Waals surface area contributed by atoms with E-state index in [1.807, 2.05) is 0 Å². The Morgan fingerprint density at radius 1 is 1.20 bits per heavy atom. The molecular weight excluding hydrogens is 186 g/mol. The van der Waals surface area contributed by atoms with Gasteiger partial charge in [0.1, 0.15) is 0 Å². The van der Waals surface area contributed by atoms with Gasteiger partial charge in [0.05, 0.1) is 0 Å². The van der Waals surface area contributed by atoms with Crippen molar-refractivity contribution < 1.29 is 5.11 Å². The van der Waals surface area contributed by atoms with Crippen LogP contribution < -0.4 is 0 Å². The van der Waals surface area contributed by atoms with Crippen molar-refractivity contribution in [2.24, 2.45) is 0 Å². The molecule has 1 heterocycles. The number of aromatic nitrogens is 1. The van der Waals surface area contributed by atoms with Crippen LogP contribution >= 0.6 is 0 Å². The number of aliphatic hydroxyl groups is 1. The van der Waals surface area contributed by atoms with Crippen LogP contribution in [-0.4, -0.2) is 16.3 Å². The Kier molecular flexibility index (Phi) is 2.78. The third-order valence-electron chi connectivity index (χ3n) is 2.94. The largest absolute Gasteiger partial charge is 0.396 e. The number of fused-ring (bicyclic) bond motifs is 1. The lowest BCUT2D eigenvalue weighted by Crippen LogP contribution is -1.98. The Bertz CT molecular complexity index is 471. The molecule has 1 aromatic carbocycles. The third-order valence-corrected chi connectivity index (χ3v) is 2.94. The first-order valence-electron chi connectivity index (χ1n) is 5.39. The van der Waals surface area contributed by atoms with E-state index in [0.717, 1.165) is 13.0 Å². The van der Waals surface area contributed by atoms with Crippen LogP contribution in [0.4, 0.5) is 0 Å². The van der Waals surface area contributed by atoms with Crippen molar-refractivity contribution >= 4 is 10.9 Å². The van der Waals surface area contributed by atoms with Crippen LogP contribution in [0, 0.1) is 13.8 Å². The van der Waals surface area contributed by atoms with Crippen molar-refractivity contribution in [3.8, 4) is 0 Å². The first kappa shape index (κ1) is 10.2. The molecule has 2 nitrogen and oxygen atoms in total. The SMILES string of the molecule is Cc1cc2ccn(CCCO)c2cc1C. The molecule has 2 heteroatoms. The Hall–Kier alpha value is -1.28. The summed E-state index contributed by atoms with van der Waals surface area (Å²) in [6.07, 6.45) is 2.91. The van der Waals surface area contributed by atoms with E-state index in [-0.39, 0.29) is 6.61 Å². The number of rotatable bonds is 3. The summed E-state index contributed by atoms with van der Waals surface area (Å²) in [6, 6.07) is 6.58. The van der Waals surface area contributed by atoms with Crippen LogP contribution in [0.5, 0.6) is 0 Å². The van der Waals surface area contributed by atoms with E-state index in [4.69, 9.17) is 5.11 Å². The second-order valence-corrected chi connectivity index (χ2v) is 4.08. The zero-order chi connectivity index (χ0) is 10.8. The summed E-state index contributed by atoms with van der Waals surface area (Å²) < 4.78 is 2.21. The summed E-state index contributed by atoms with van der Waals surface area (Å²) in [5, 5.41) is 10.1. The van der Waals surface area contributed by atoms with Crippen molar-refractivity contribution in [3.05, 3.63) is 35.5 Å². The lowest BCUT2D eigenvalue weighted by atomic mass is 10.1. The fraction of sp³-hybridized carbons (Fsp3) is 0.385. The van der Waals surface area contributed by atoms with Gasteiger partial charge < -0.3 is 9.67 Å². The highest BCUT2D eigenvalue weighted by molar-refractivity contribution is 5.81. The van der Waals surface area contributed by atoms with Crippen molar-refractivity contribution in [1.29, 1.82) is 0 Å². The first-order valence-corrected chi connectivity index (χ1v) is 5.39. The van der Waals surface area contributed by atoms with Crippen molar-refractivity contribution in [3.63, 3.8) is 0 Å². The molecule has 0 saturated heterocycles. The molecule has 1 N–H and O–H groups in total. The minimum absolute atomic E-state index is 0.254. The maximum Gasteiger partial charge on any atom is 0.0483 e. The summed E-state index contributed by atoms with van der Waals surface area (Å²) in [4.78, 5) is 0. The van der Waals surface area contributed by atoms with Gasteiger partial charge in [-0.3, -0.25) is 0 Å². The number of nitrogens with zero attached hydrogens (tertiary/aromatic N) is 1. The molecule has 2 rings (SSSR count). The molecule has 0 unspecified atom stereocenters. The maximum absolute atomic E-state index is 8.82. The molecule has 15 heavy (non-hydrogen) atoms. The summed E-state index contributed by atoms with van der Waals surface area (Å²) in [5.74, 6) is 0. The topological polar surface area (TPSA) is 25.2 Å². The van der Waals surface area contributed by atoms with Crippen LogP contribution in [0.1, 0.15) is 17.5 Å². The molecule has 80 valence electrons. The van der Waals surface area contributed by atoms with E-state index in [2.05, 4.69) is 42.8 Å². The van der Waals surface area contributed by atoms with Crippen LogP contribution in [0.3, 0.4) is 0 Å². The van der Waals surface area contributed by atoms with E-state index in [1.54, 1.807) is 0 Å². The summed E-state index contributed by atoms with van der Waals surface area (Å²) in [7, 11) is 0. The fourth-order valence-corrected chi connectivity index (χ4v) is 1.89. The Balaban J connectivity index is 2.45. The van der Waals surface area contributed by atoms with Gasteiger partial charge >= 0.3 is 0 Å². The van der Waals surface area contributed by atoms with E-state index < -0.39 is 0 Å². The van der Waals surface area contributed by atoms with Gasteiger partial charge in [-0.05, 0) is 55.0 Å². The minimum atomic E-state index is 0.254. The van der Waals surface area contributed by atoms with Gasteiger partial charge in [0.15, 0.2) is 0 Å². The summed E-state index contributed by atoms with van der Waals surface area (Å²) in [5.41, 5.74) is 3.93. The number of aliphatic hydroxyl groups excluding tert-OH is 1. The molecule has 0 fully saturated rings. The zero-order valence-electron chi connectivity index (χ0n) is 9.33. The molecular formula is C13H17NO. The molecule has 0 amide bonds. The predicted molar refractivity (Wildman–Crippen MR) is 63.1 cm³/mol. The zero-order valence-corrected chi connectivity index (χ0v) is 9.33. The molecule has 0 aliphatic heterocycles. The Morgan fingerprint density at radius 2 is 1.93 bits per heavy atom. The average Bonchev–Trinajstić information content (AvgIpc) is 2.59. The number of aryl methyl sites for hydroxylation is 3. The number of benzene rings is 1.